The molecule has 1 fully saturated rings. The molecule has 1 aliphatic carbocycles. The molecule has 0 amide bonds. The van der Waals surface area contributed by atoms with Crippen molar-refractivity contribution in [2.75, 3.05) is 31.7 Å². The SMILES string of the molecule is CN(C)S(=O)(=O)c1ccc(NCC2CCC2)c(N)c1. The first-order valence-electron chi connectivity index (χ1n) is 6.47. The third kappa shape index (κ3) is 3.01. The fourth-order valence-corrected chi connectivity index (χ4v) is 2.96. The van der Waals surface area contributed by atoms with Gasteiger partial charge in [0.1, 0.15) is 0 Å². The highest BCUT2D eigenvalue weighted by Gasteiger charge is 2.19. The van der Waals surface area contributed by atoms with Crippen LogP contribution in [0, 0.1) is 5.92 Å². The van der Waals surface area contributed by atoms with Crippen molar-refractivity contribution in [2.45, 2.75) is 24.2 Å². The van der Waals surface area contributed by atoms with Crippen LogP contribution in [0.5, 0.6) is 0 Å². The van der Waals surface area contributed by atoms with Crippen molar-refractivity contribution in [3.05, 3.63) is 18.2 Å². The van der Waals surface area contributed by atoms with Crippen molar-refractivity contribution in [2.24, 2.45) is 5.92 Å². The molecule has 0 aromatic heterocycles. The van der Waals surface area contributed by atoms with Gasteiger partial charge in [0, 0.05) is 20.6 Å². The maximum absolute atomic E-state index is 12.0. The highest BCUT2D eigenvalue weighted by atomic mass is 32.2. The zero-order valence-electron chi connectivity index (χ0n) is 11.4. The van der Waals surface area contributed by atoms with E-state index in [1.54, 1.807) is 12.1 Å². The van der Waals surface area contributed by atoms with Gasteiger partial charge in [0.2, 0.25) is 10.0 Å². The molecule has 106 valence electrons. The van der Waals surface area contributed by atoms with E-state index in [0.717, 1.165) is 18.2 Å². The topological polar surface area (TPSA) is 75.4 Å². The molecule has 19 heavy (non-hydrogen) atoms. The fourth-order valence-electron chi connectivity index (χ4n) is 2.02. The number of nitrogens with one attached hydrogen (secondary N) is 1. The number of benzene rings is 1. The van der Waals surface area contributed by atoms with Crippen molar-refractivity contribution in [3.63, 3.8) is 0 Å². The van der Waals surface area contributed by atoms with Gasteiger partial charge in [-0.25, -0.2) is 12.7 Å². The summed E-state index contributed by atoms with van der Waals surface area (Å²) >= 11 is 0. The second-order valence-electron chi connectivity index (χ2n) is 5.21. The van der Waals surface area contributed by atoms with E-state index in [-0.39, 0.29) is 4.90 Å². The van der Waals surface area contributed by atoms with Crippen LogP contribution in [-0.4, -0.2) is 33.4 Å². The quantitative estimate of drug-likeness (QED) is 0.807. The number of nitrogens with two attached hydrogens (primary N) is 1. The summed E-state index contributed by atoms with van der Waals surface area (Å²) < 4.78 is 25.1. The molecule has 3 N–H and O–H groups in total. The van der Waals surface area contributed by atoms with Crippen LogP contribution in [0.25, 0.3) is 0 Å². The number of nitrogens with zero attached hydrogens (tertiary/aromatic N) is 1. The second kappa shape index (κ2) is 5.38. The molecule has 0 heterocycles. The van der Waals surface area contributed by atoms with Gasteiger partial charge in [-0.2, -0.15) is 0 Å². The van der Waals surface area contributed by atoms with Gasteiger partial charge in [0.25, 0.3) is 0 Å². The monoisotopic (exact) mass is 283 g/mol. The third-order valence-electron chi connectivity index (χ3n) is 3.61. The molecule has 0 saturated heterocycles. The van der Waals surface area contributed by atoms with Gasteiger partial charge in [-0.1, -0.05) is 6.42 Å². The first-order valence-corrected chi connectivity index (χ1v) is 7.91. The van der Waals surface area contributed by atoms with Crippen molar-refractivity contribution < 1.29 is 8.42 Å². The van der Waals surface area contributed by atoms with E-state index >= 15 is 0 Å². The van der Waals surface area contributed by atoms with Gasteiger partial charge in [0.05, 0.1) is 16.3 Å². The van der Waals surface area contributed by atoms with E-state index in [1.165, 1.54) is 43.7 Å². The Balaban J connectivity index is 2.12. The van der Waals surface area contributed by atoms with Crippen molar-refractivity contribution in [1.82, 2.24) is 4.31 Å². The van der Waals surface area contributed by atoms with Gasteiger partial charge in [-0.3, -0.25) is 0 Å². The van der Waals surface area contributed by atoms with E-state index in [9.17, 15) is 8.42 Å². The molecule has 0 bridgehead atoms. The molecule has 0 unspecified atom stereocenters. The second-order valence-corrected chi connectivity index (χ2v) is 7.37. The smallest absolute Gasteiger partial charge is 0.242 e. The number of rotatable bonds is 5. The van der Waals surface area contributed by atoms with Crippen LogP contribution in [0.15, 0.2) is 23.1 Å². The zero-order valence-corrected chi connectivity index (χ0v) is 12.2. The minimum Gasteiger partial charge on any atom is -0.397 e. The van der Waals surface area contributed by atoms with Crippen LogP contribution in [-0.2, 0) is 10.0 Å². The number of nitrogen functional groups attached to an aromatic ring is 1. The molecule has 1 aromatic rings. The van der Waals surface area contributed by atoms with Crippen LogP contribution in [0.4, 0.5) is 11.4 Å². The van der Waals surface area contributed by atoms with Crippen LogP contribution in [0.1, 0.15) is 19.3 Å². The van der Waals surface area contributed by atoms with E-state index in [0.29, 0.717) is 5.69 Å². The summed E-state index contributed by atoms with van der Waals surface area (Å²) in [7, 11) is -0.399. The minimum atomic E-state index is -3.42. The molecule has 5 nitrogen and oxygen atoms in total. The molecule has 0 aliphatic heterocycles. The predicted octanol–water partition coefficient (Wildman–Crippen LogP) is 1.73. The molecular formula is C13H21N3O2S. The highest BCUT2D eigenvalue weighted by Crippen LogP contribution is 2.28. The fraction of sp³-hybridized carbons (Fsp3) is 0.538. The summed E-state index contributed by atoms with van der Waals surface area (Å²) in [4.78, 5) is 0.226. The molecule has 2 rings (SSSR count). The van der Waals surface area contributed by atoms with Gasteiger partial charge >= 0.3 is 0 Å². The number of hydrogen-bond donors (Lipinski definition) is 2. The summed E-state index contributed by atoms with van der Waals surface area (Å²) in [5.41, 5.74) is 7.20. The lowest BCUT2D eigenvalue weighted by Gasteiger charge is -2.26. The summed E-state index contributed by atoms with van der Waals surface area (Å²) in [5, 5.41) is 3.29. The normalized spacial score (nSPS) is 16.4. The summed E-state index contributed by atoms with van der Waals surface area (Å²) in [5.74, 6) is 0.726. The Morgan fingerprint density at radius 2 is 2.05 bits per heavy atom. The molecule has 1 saturated carbocycles. The number of sulfonamides is 1. The Bertz CT molecular complexity index is 551. The molecule has 6 heteroatoms. The molecular weight excluding hydrogens is 262 g/mol. The van der Waals surface area contributed by atoms with Crippen LogP contribution >= 0.6 is 0 Å². The van der Waals surface area contributed by atoms with E-state index in [1.807, 2.05) is 0 Å². The van der Waals surface area contributed by atoms with Gasteiger partial charge < -0.3 is 11.1 Å². The number of hydrogen-bond acceptors (Lipinski definition) is 4. The standard InChI is InChI=1S/C13H21N3O2S/c1-16(2)19(17,18)11-6-7-13(12(14)8-11)15-9-10-4-3-5-10/h6-8,10,15H,3-5,9,14H2,1-2H3. The molecule has 0 atom stereocenters. The lowest BCUT2D eigenvalue weighted by atomic mass is 9.85. The van der Waals surface area contributed by atoms with Gasteiger partial charge in [-0.15, -0.1) is 0 Å². The van der Waals surface area contributed by atoms with Crippen LogP contribution < -0.4 is 11.1 Å². The van der Waals surface area contributed by atoms with Crippen molar-refractivity contribution in [1.29, 1.82) is 0 Å². The average Bonchev–Trinajstić information content (AvgIpc) is 2.28. The van der Waals surface area contributed by atoms with Crippen LogP contribution in [0.2, 0.25) is 0 Å². The first-order chi connectivity index (χ1) is 8.91. The molecule has 1 aliphatic rings. The van der Waals surface area contributed by atoms with E-state index in [2.05, 4.69) is 5.32 Å². The molecule has 0 spiro atoms. The largest absolute Gasteiger partial charge is 0.397 e. The lowest BCUT2D eigenvalue weighted by molar-refractivity contribution is 0.333. The third-order valence-corrected chi connectivity index (χ3v) is 5.42. The Morgan fingerprint density at radius 3 is 2.53 bits per heavy atom. The lowest BCUT2D eigenvalue weighted by Crippen LogP contribution is -2.23. The number of anilines is 2. The van der Waals surface area contributed by atoms with Gasteiger partial charge in [0.15, 0.2) is 0 Å². The summed E-state index contributed by atoms with van der Waals surface area (Å²) in [6, 6.07) is 4.84. The Morgan fingerprint density at radius 1 is 1.37 bits per heavy atom. The minimum absolute atomic E-state index is 0.226. The maximum Gasteiger partial charge on any atom is 0.242 e. The van der Waals surface area contributed by atoms with Crippen molar-refractivity contribution >= 4 is 21.4 Å². The Labute approximate surface area is 114 Å². The zero-order chi connectivity index (χ0) is 14.0. The Hall–Kier alpha value is -1.27. The maximum atomic E-state index is 12.0. The van der Waals surface area contributed by atoms with Gasteiger partial charge in [-0.05, 0) is 37.0 Å². The highest BCUT2D eigenvalue weighted by molar-refractivity contribution is 7.89. The Kier molecular flexibility index (Phi) is 4.01. The van der Waals surface area contributed by atoms with E-state index < -0.39 is 10.0 Å². The average molecular weight is 283 g/mol. The van der Waals surface area contributed by atoms with Crippen molar-refractivity contribution in [3.8, 4) is 0 Å². The summed E-state index contributed by atoms with van der Waals surface area (Å²) in [6.45, 7) is 0.907. The molecule has 1 aromatic carbocycles. The first kappa shape index (κ1) is 14.1. The summed E-state index contributed by atoms with van der Waals surface area (Å²) in [6.07, 6.45) is 3.84. The predicted molar refractivity (Wildman–Crippen MR) is 77.6 cm³/mol. The van der Waals surface area contributed by atoms with E-state index in [4.69, 9.17) is 5.73 Å². The molecule has 0 radical (unpaired) electrons. The van der Waals surface area contributed by atoms with Crippen LogP contribution in [0.3, 0.4) is 0 Å².